The maximum atomic E-state index is 2.63. The maximum absolute atomic E-state index is 3.77. The van der Waals surface area contributed by atoms with Crippen LogP contribution in [-0.2, 0) is 18.8 Å². The molecule has 0 unspecified atom stereocenters. The van der Waals surface area contributed by atoms with Crippen molar-refractivity contribution in [3.8, 4) is 0 Å². The summed E-state index contributed by atoms with van der Waals surface area (Å²) in [6.07, 6.45) is 16.1. The Kier molecular flexibility index (Phi) is 3.93. The fraction of sp³-hybridized carbons (Fsp3) is 0.130. The Bertz CT molecular complexity index is 793. The predicted octanol–water partition coefficient (Wildman–Crippen LogP) is 5.06. The molecule has 0 saturated carbocycles. The quantitative estimate of drug-likeness (QED) is 0.684. The molecule has 1 heteroatoms. The van der Waals surface area contributed by atoms with E-state index in [1.165, 1.54) is 0 Å². The molecule has 4 rings (SSSR count). The van der Waals surface area contributed by atoms with Crippen LogP contribution in [-0.4, -0.2) is 0 Å². The van der Waals surface area contributed by atoms with Gasteiger partial charge in [-0.3, -0.25) is 0 Å². The van der Waals surface area contributed by atoms with E-state index in [1.807, 2.05) is 0 Å². The van der Waals surface area contributed by atoms with Crippen LogP contribution in [0.5, 0.6) is 0 Å². The number of benzene rings is 2. The number of hydrogen-bond donors (Lipinski definition) is 0. The molecule has 0 amide bonds. The molecule has 0 spiro atoms. The third-order valence-electron chi connectivity index (χ3n) is 6.14. The van der Waals surface area contributed by atoms with Gasteiger partial charge in [0.25, 0.3) is 0 Å². The van der Waals surface area contributed by atoms with Gasteiger partial charge in [0.05, 0.1) is 0 Å². The van der Waals surface area contributed by atoms with Gasteiger partial charge in [0.2, 0.25) is 0 Å². The zero-order valence-electron chi connectivity index (χ0n) is 14.2. The van der Waals surface area contributed by atoms with E-state index < -0.39 is 18.8 Å². The molecule has 2 aromatic rings. The van der Waals surface area contributed by atoms with E-state index in [1.54, 1.807) is 13.1 Å². The van der Waals surface area contributed by atoms with Crippen molar-refractivity contribution in [2.24, 2.45) is 0 Å². The van der Waals surface area contributed by atoms with E-state index in [0.717, 1.165) is 12.8 Å². The fourth-order valence-corrected chi connectivity index (χ4v) is 20.8. The first-order valence-electron chi connectivity index (χ1n) is 8.76. The molecule has 0 nitrogen and oxygen atoms in total. The van der Waals surface area contributed by atoms with Gasteiger partial charge < -0.3 is 0 Å². The van der Waals surface area contributed by atoms with Crippen LogP contribution in [0.2, 0.25) is 4.63 Å². The molecule has 119 valence electrons. The Labute approximate surface area is 146 Å². The van der Waals surface area contributed by atoms with Gasteiger partial charge in [-0.15, -0.1) is 0 Å². The van der Waals surface area contributed by atoms with E-state index in [0.29, 0.717) is 0 Å². The van der Waals surface area contributed by atoms with Gasteiger partial charge in [0, 0.05) is 0 Å². The first-order chi connectivity index (χ1) is 11.7. The van der Waals surface area contributed by atoms with Crippen LogP contribution in [0.3, 0.4) is 0 Å². The van der Waals surface area contributed by atoms with Gasteiger partial charge >= 0.3 is 146 Å². The molecule has 0 aromatic heterocycles. The first-order valence-corrected chi connectivity index (χ1v) is 16.1. The zero-order valence-corrected chi connectivity index (χ0v) is 16.6. The van der Waals surface area contributed by atoms with Crippen LogP contribution in [0.15, 0.2) is 104 Å². The van der Waals surface area contributed by atoms with Crippen LogP contribution in [0.4, 0.5) is 0 Å². The monoisotopic (exact) mass is 389 g/mol. The summed E-state index contributed by atoms with van der Waals surface area (Å²) in [6, 6.07) is 22.6. The topological polar surface area (TPSA) is 0 Å². The third-order valence-corrected chi connectivity index (χ3v) is 24.6. The SMILES string of the molecule is [CH3][Zr]([C]1=CC=CC1)([C]1=CC=CC1)([c]1ccccc1)[c]1ccccc1. The molecule has 0 heterocycles. The Morgan fingerprint density at radius 1 is 0.625 bits per heavy atom. The van der Waals surface area contributed by atoms with Gasteiger partial charge in [-0.05, 0) is 0 Å². The molecular weight excluding hydrogens is 367 g/mol. The standard InChI is InChI=1S/2C6H5.2C5H5.CH3.Zr/c2*1-2-4-6-5-3-1;2*1-2-4-5-3-1;;/h2*1-5H;2*1-3H,4H2;1H3;. The molecule has 2 aliphatic carbocycles. The number of rotatable bonds is 4. The van der Waals surface area contributed by atoms with Crippen molar-refractivity contribution < 1.29 is 18.8 Å². The second-order valence-corrected chi connectivity index (χ2v) is 21.7. The van der Waals surface area contributed by atoms with E-state index in [4.69, 9.17) is 0 Å². The molecule has 0 fully saturated rings. The van der Waals surface area contributed by atoms with Crippen molar-refractivity contribution in [2.45, 2.75) is 17.5 Å². The number of allylic oxidation sites excluding steroid dienone is 8. The number of hydrogen-bond acceptors (Lipinski definition) is 0. The van der Waals surface area contributed by atoms with Crippen molar-refractivity contribution in [1.82, 2.24) is 0 Å². The second-order valence-electron chi connectivity index (χ2n) is 7.13. The molecule has 24 heavy (non-hydrogen) atoms. The van der Waals surface area contributed by atoms with Crippen LogP contribution in [0, 0.1) is 0 Å². The Hall–Kier alpha value is -1.72. The van der Waals surface area contributed by atoms with Crippen LogP contribution >= 0.6 is 0 Å². The summed E-state index contributed by atoms with van der Waals surface area (Å²) >= 11 is -3.77. The van der Waals surface area contributed by atoms with Crippen molar-refractivity contribution in [3.63, 3.8) is 0 Å². The minimum absolute atomic E-state index is 1.09. The van der Waals surface area contributed by atoms with Crippen molar-refractivity contribution >= 4 is 6.54 Å². The molecule has 0 bridgehead atoms. The average Bonchev–Trinajstić information content (AvgIpc) is 3.37. The molecular formula is C23H23Zr. The second kappa shape index (κ2) is 5.97. The Morgan fingerprint density at radius 2 is 1.04 bits per heavy atom. The summed E-state index contributed by atoms with van der Waals surface area (Å²) in [7, 11) is 0. The molecule has 0 aliphatic heterocycles. The van der Waals surface area contributed by atoms with Crippen LogP contribution in [0.25, 0.3) is 0 Å². The Balaban J connectivity index is 2.12. The third kappa shape index (κ3) is 2.08. The predicted molar refractivity (Wildman–Crippen MR) is 102 cm³/mol. The van der Waals surface area contributed by atoms with Gasteiger partial charge in [0.1, 0.15) is 0 Å². The van der Waals surface area contributed by atoms with Crippen molar-refractivity contribution in [3.05, 3.63) is 104 Å². The summed E-state index contributed by atoms with van der Waals surface area (Å²) < 4.78 is 9.04. The zero-order chi connectivity index (χ0) is 16.5. The van der Waals surface area contributed by atoms with E-state index in [-0.39, 0.29) is 0 Å². The summed E-state index contributed by atoms with van der Waals surface area (Å²) in [5.74, 6) is 0. The normalized spacial score (nSPS) is 18.1. The molecule has 0 radical (unpaired) electrons. The molecule has 0 saturated heterocycles. The van der Waals surface area contributed by atoms with Crippen LogP contribution < -0.4 is 6.54 Å². The summed E-state index contributed by atoms with van der Waals surface area (Å²) in [4.78, 5) is 0. The molecule has 0 N–H and O–H groups in total. The van der Waals surface area contributed by atoms with Gasteiger partial charge in [-0.25, -0.2) is 0 Å². The van der Waals surface area contributed by atoms with Crippen molar-refractivity contribution in [1.29, 1.82) is 0 Å². The van der Waals surface area contributed by atoms with E-state index in [2.05, 4.69) is 102 Å². The Morgan fingerprint density at radius 3 is 1.38 bits per heavy atom. The van der Waals surface area contributed by atoms with Gasteiger partial charge in [-0.1, -0.05) is 0 Å². The molecule has 2 aromatic carbocycles. The first kappa shape index (κ1) is 15.8. The van der Waals surface area contributed by atoms with E-state index >= 15 is 0 Å². The van der Waals surface area contributed by atoms with Gasteiger partial charge in [0.15, 0.2) is 0 Å². The fourth-order valence-electron chi connectivity index (χ4n) is 4.65. The van der Waals surface area contributed by atoms with E-state index in [9.17, 15) is 0 Å². The average molecular weight is 391 g/mol. The van der Waals surface area contributed by atoms with Crippen molar-refractivity contribution in [2.75, 3.05) is 0 Å². The summed E-state index contributed by atoms with van der Waals surface area (Å²) in [6.45, 7) is 0. The molecule has 0 atom stereocenters. The summed E-state index contributed by atoms with van der Waals surface area (Å²) in [5.41, 5.74) is 0. The minimum atomic E-state index is -3.77. The summed E-state index contributed by atoms with van der Waals surface area (Å²) in [5, 5.41) is 0. The van der Waals surface area contributed by atoms with Gasteiger partial charge in [-0.2, -0.15) is 0 Å². The van der Waals surface area contributed by atoms with Crippen LogP contribution in [0.1, 0.15) is 12.8 Å². The molecule has 2 aliphatic rings.